The van der Waals surface area contributed by atoms with E-state index in [4.69, 9.17) is 9.47 Å². The molecule has 5 heteroatoms. The third-order valence-electron chi connectivity index (χ3n) is 3.53. The van der Waals surface area contributed by atoms with E-state index in [1.807, 2.05) is 24.3 Å². The minimum atomic E-state index is 0.00583. The summed E-state index contributed by atoms with van der Waals surface area (Å²) in [6, 6.07) is 7.44. The Morgan fingerprint density at radius 2 is 2.00 bits per heavy atom. The zero-order valence-corrected chi connectivity index (χ0v) is 13.0. The number of para-hydroxylation sites is 2. The number of benzene rings is 1. The number of morpholine rings is 1. The van der Waals surface area contributed by atoms with Crippen LogP contribution < -0.4 is 10.1 Å². The molecule has 1 aromatic carbocycles. The van der Waals surface area contributed by atoms with Crippen LogP contribution in [0.3, 0.4) is 0 Å². The van der Waals surface area contributed by atoms with Crippen LogP contribution in [-0.4, -0.2) is 49.8 Å². The first-order valence-corrected chi connectivity index (χ1v) is 7.39. The van der Waals surface area contributed by atoms with Crippen LogP contribution in [0.25, 0.3) is 0 Å². The fraction of sp³-hybridized carbons (Fsp3) is 0.562. The first-order valence-electron chi connectivity index (χ1n) is 7.39. The highest BCUT2D eigenvalue weighted by atomic mass is 16.5. The number of anilines is 1. The second-order valence-electron chi connectivity index (χ2n) is 5.52. The van der Waals surface area contributed by atoms with Crippen molar-refractivity contribution in [2.24, 2.45) is 0 Å². The lowest BCUT2D eigenvalue weighted by Gasteiger charge is -2.35. The van der Waals surface area contributed by atoms with Crippen molar-refractivity contribution in [1.82, 2.24) is 4.90 Å². The Bertz CT molecular complexity index is 468. The third-order valence-corrected chi connectivity index (χ3v) is 3.53. The number of ether oxygens (including phenoxy) is 2. The average molecular weight is 292 g/mol. The van der Waals surface area contributed by atoms with Gasteiger partial charge in [0.25, 0.3) is 0 Å². The van der Waals surface area contributed by atoms with Crippen molar-refractivity contribution in [2.75, 3.05) is 32.1 Å². The van der Waals surface area contributed by atoms with Crippen molar-refractivity contribution in [1.29, 1.82) is 0 Å². The molecule has 0 spiro atoms. The molecule has 0 bridgehead atoms. The number of methoxy groups -OCH3 is 1. The fourth-order valence-electron chi connectivity index (χ4n) is 2.69. The zero-order valence-electron chi connectivity index (χ0n) is 13.0. The summed E-state index contributed by atoms with van der Waals surface area (Å²) in [4.78, 5) is 14.3. The van der Waals surface area contributed by atoms with E-state index in [1.54, 1.807) is 7.11 Å². The van der Waals surface area contributed by atoms with Crippen LogP contribution in [0.2, 0.25) is 0 Å². The first kappa shape index (κ1) is 15.8. The number of hydrogen-bond acceptors (Lipinski definition) is 4. The van der Waals surface area contributed by atoms with Crippen LogP contribution in [0.4, 0.5) is 5.69 Å². The Kier molecular flexibility index (Phi) is 5.59. The Morgan fingerprint density at radius 1 is 1.33 bits per heavy atom. The van der Waals surface area contributed by atoms with Gasteiger partial charge in [0.15, 0.2) is 0 Å². The number of amides is 1. The standard InChI is InChI=1S/C16H24N2O3/c1-12-10-18(11-13(2)21-12)9-8-16(19)17-14-6-4-5-7-15(14)20-3/h4-7,12-13H,8-11H2,1-3H3,(H,17,19)/t12-,13+. The van der Waals surface area contributed by atoms with E-state index < -0.39 is 0 Å². The van der Waals surface area contributed by atoms with Crippen molar-refractivity contribution in [3.8, 4) is 5.75 Å². The lowest BCUT2D eigenvalue weighted by Crippen LogP contribution is -2.46. The van der Waals surface area contributed by atoms with E-state index >= 15 is 0 Å². The summed E-state index contributed by atoms with van der Waals surface area (Å²) in [5.74, 6) is 0.686. The van der Waals surface area contributed by atoms with Crippen molar-refractivity contribution in [3.63, 3.8) is 0 Å². The molecule has 0 aromatic heterocycles. The van der Waals surface area contributed by atoms with Crippen molar-refractivity contribution in [2.45, 2.75) is 32.5 Å². The first-order chi connectivity index (χ1) is 10.1. The summed E-state index contributed by atoms with van der Waals surface area (Å²) in [7, 11) is 1.60. The van der Waals surface area contributed by atoms with Gasteiger partial charge in [-0.05, 0) is 26.0 Å². The van der Waals surface area contributed by atoms with Gasteiger partial charge in [-0.25, -0.2) is 0 Å². The maximum Gasteiger partial charge on any atom is 0.225 e. The average Bonchev–Trinajstić information content (AvgIpc) is 2.45. The van der Waals surface area contributed by atoms with Gasteiger partial charge in [0, 0.05) is 26.1 Å². The van der Waals surface area contributed by atoms with E-state index in [0.717, 1.165) is 19.6 Å². The van der Waals surface area contributed by atoms with Crippen LogP contribution in [0.15, 0.2) is 24.3 Å². The highest BCUT2D eigenvalue weighted by molar-refractivity contribution is 5.92. The number of hydrogen-bond donors (Lipinski definition) is 1. The molecule has 1 fully saturated rings. The quantitative estimate of drug-likeness (QED) is 0.903. The van der Waals surface area contributed by atoms with Gasteiger partial charge in [0.2, 0.25) is 5.91 Å². The molecule has 1 saturated heterocycles. The van der Waals surface area contributed by atoms with Gasteiger partial charge in [-0.1, -0.05) is 12.1 Å². The lowest BCUT2D eigenvalue weighted by atomic mass is 10.2. The summed E-state index contributed by atoms with van der Waals surface area (Å²) in [5.41, 5.74) is 0.716. The molecule has 21 heavy (non-hydrogen) atoms. The Morgan fingerprint density at radius 3 is 2.67 bits per heavy atom. The van der Waals surface area contributed by atoms with E-state index in [9.17, 15) is 4.79 Å². The molecule has 0 radical (unpaired) electrons. The molecule has 5 nitrogen and oxygen atoms in total. The Labute approximate surface area is 126 Å². The molecule has 1 aliphatic heterocycles. The molecule has 2 rings (SSSR count). The molecule has 0 aliphatic carbocycles. The highest BCUT2D eigenvalue weighted by Crippen LogP contribution is 2.23. The minimum Gasteiger partial charge on any atom is -0.495 e. The lowest BCUT2D eigenvalue weighted by molar-refractivity contribution is -0.117. The highest BCUT2D eigenvalue weighted by Gasteiger charge is 2.22. The molecular weight excluding hydrogens is 268 g/mol. The second kappa shape index (κ2) is 7.43. The van der Waals surface area contributed by atoms with E-state index in [1.165, 1.54) is 0 Å². The predicted molar refractivity (Wildman–Crippen MR) is 82.7 cm³/mol. The van der Waals surface area contributed by atoms with Gasteiger partial charge >= 0.3 is 0 Å². The maximum absolute atomic E-state index is 12.1. The van der Waals surface area contributed by atoms with Crippen molar-refractivity contribution in [3.05, 3.63) is 24.3 Å². The largest absolute Gasteiger partial charge is 0.495 e. The Hall–Kier alpha value is -1.59. The number of carbonyl (C=O) groups excluding carboxylic acids is 1. The van der Waals surface area contributed by atoms with Gasteiger partial charge in [-0.2, -0.15) is 0 Å². The monoisotopic (exact) mass is 292 g/mol. The molecular formula is C16H24N2O3. The third kappa shape index (κ3) is 4.72. The number of carbonyl (C=O) groups is 1. The van der Waals surface area contributed by atoms with Gasteiger partial charge in [0.1, 0.15) is 5.75 Å². The van der Waals surface area contributed by atoms with Crippen LogP contribution in [0.5, 0.6) is 5.75 Å². The maximum atomic E-state index is 12.1. The molecule has 0 unspecified atom stereocenters. The number of rotatable bonds is 5. The van der Waals surface area contributed by atoms with Gasteiger partial charge < -0.3 is 14.8 Å². The van der Waals surface area contributed by atoms with Gasteiger partial charge in [-0.15, -0.1) is 0 Å². The summed E-state index contributed by atoms with van der Waals surface area (Å²) < 4.78 is 10.9. The summed E-state index contributed by atoms with van der Waals surface area (Å²) >= 11 is 0. The predicted octanol–water partition coefficient (Wildman–Crippen LogP) is 2.13. The zero-order chi connectivity index (χ0) is 15.2. The number of nitrogens with zero attached hydrogens (tertiary/aromatic N) is 1. The summed E-state index contributed by atoms with van der Waals surface area (Å²) in [6.07, 6.45) is 0.925. The summed E-state index contributed by atoms with van der Waals surface area (Å²) in [5, 5.41) is 2.90. The fourth-order valence-corrected chi connectivity index (χ4v) is 2.69. The van der Waals surface area contributed by atoms with Gasteiger partial charge in [0.05, 0.1) is 25.0 Å². The normalized spacial score (nSPS) is 22.8. The Balaban J connectivity index is 1.82. The molecule has 1 N–H and O–H groups in total. The molecule has 1 heterocycles. The molecule has 1 amide bonds. The SMILES string of the molecule is COc1ccccc1NC(=O)CCN1C[C@@H](C)O[C@@H](C)C1. The van der Waals surface area contributed by atoms with E-state index in [0.29, 0.717) is 17.9 Å². The van der Waals surface area contributed by atoms with Gasteiger partial charge in [-0.3, -0.25) is 9.69 Å². The van der Waals surface area contributed by atoms with Crippen LogP contribution in [-0.2, 0) is 9.53 Å². The molecule has 2 atom stereocenters. The second-order valence-corrected chi connectivity index (χ2v) is 5.52. The van der Waals surface area contributed by atoms with Crippen LogP contribution in [0.1, 0.15) is 20.3 Å². The molecule has 1 aliphatic rings. The number of nitrogens with one attached hydrogen (secondary N) is 1. The smallest absolute Gasteiger partial charge is 0.225 e. The van der Waals surface area contributed by atoms with E-state index in [2.05, 4.69) is 24.1 Å². The van der Waals surface area contributed by atoms with Crippen molar-refractivity contribution >= 4 is 11.6 Å². The van der Waals surface area contributed by atoms with Crippen LogP contribution >= 0.6 is 0 Å². The van der Waals surface area contributed by atoms with E-state index in [-0.39, 0.29) is 18.1 Å². The topological polar surface area (TPSA) is 50.8 Å². The minimum absolute atomic E-state index is 0.00583. The summed E-state index contributed by atoms with van der Waals surface area (Å²) in [6.45, 7) is 6.65. The molecule has 1 aromatic rings. The molecule has 0 saturated carbocycles. The van der Waals surface area contributed by atoms with Crippen LogP contribution in [0, 0.1) is 0 Å². The van der Waals surface area contributed by atoms with Crippen molar-refractivity contribution < 1.29 is 14.3 Å². The molecule has 116 valence electrons.